The van der Waals surface area contributed by atoms with Crippen LogP contribution in [0.15, 0.2) is 0 Å². The van der Waals surface area contributed by atoms with Crippen molar-refractivity contribution in [3.05, 3.63) is 0 Å². The van der Waals surface area contributed by atoms with E-state index in [0.29, 0.717) is 0 Å². The monoisotopic (exact) mass is 288 g/mol. The average Bonchev–Trinajstić information content (AvgIpc) is 0. The van der Waals surface area contributed by atoms with E-state index in [2.05, 4.69) is 0 Å². The van der Waals surface area contributed by atoms with Gasteiger partial charge in [0.15, 0.2) is 0 Å². The van der Waals surface area contributed by atoms with E-state index in [9.17, 15) is 0 Å². The molecular formula is H32O16. The highest BCUT2D eigenvalue weighted by Crippen LogP contribution is -0.274. The van der Waals surface area contributed by atoms with Gasteiger partial charge in [-0.15, -0.1) is 0 Å². The molecule has 0 amide bonds. The van der Waals surface area contributed by atoms with E-state index in [1.54, 1.807) is 0 Å². The predicted molar refractivity (Wildman–Crippen MR) is 57.8 cm³/mol. The highest BCUT2D eigenvalue weighted by Gasteiger charge is -0.397. The minimum atomic E-state index is 0. The highest BCUT2D eigenvalue weighted by molar-refractivity contribution is 0.839. The lowest BCUT2D eigenvalue weighted by molar-refractivity contribution is 0.823. The smallest absolute Gasteiger partial charge is 0.412 e. The second-order valence-electron chi connectivity index (χ2n) is 0. The zero-order chi connectivity index (χ0) is 0. The summed E-state index contributed by atoms with van der Waals surface area (Å²) in [4.78, 5) is 0. The minimum Gasteiger partial charge on any atom is -0.412 e. The van der Waals surface area contributed by atoms with Gasteiger partial charge >= 0.3 is 0 Å². The maximum Gasteiger partial charge on any atom is -0.412 e. The number of rotatable bonds is 0. The Morgan fingerprint density at radius 1 is 0.0625 bits per heavy atom. The Morgan fingerprint density at radius 2 is 0.0625 bits per heavy atom. The Labute approximate surface area is 89.1 Å². The third-order valence-corrected chi connectivity index (χ3v) is 0. The van der Waals surface area contributed by atoms with Crippen LogP contribution in [0.1, 0.15) is 0 Å². The fourth-order valence-electron chi connectivity index (χ4n) is 0. The maximum absolute atomic E-state index is 0. The minimum absolute atomic E-state index is 0. The summed E-state index contributed by atoms with van der Waals surface area (Å²) in [6.45, 7) is 0. The molecule has 128 valence electrons. The topological polar surface area (TPSA) is 504 Å². The molecule has 0 aromatic rings. The molecule has 0 radical (unpaired) electrons. The molecule has 0 heterocycles. The first kappa shape index (κ1) is 7730. The first-order valence-corrected chi connectivity index (χ1v) is 0. The molecule has 0 aliphatic carbocycles. The molecular weight excluding hydrogens is 256 g/mol. The van der Waals surface area contributed by atoms with Crippen molar-refractivity contribution in [1.82, 2.24) is 0 Å². The maximum atomic E-state index is 0. The van der Waals surface area contributed by atoms with Crippen LogP contribution in [0.25, 0.3) is 0 Å². The molecule has 16 heteroatoms. The summed E-state index contributed by atoms with van der Waals surface area (Å²) in [5.74, 6) is 0. The standard InChI is InChI=1S/16H2O/h16*1H2. The van der Waals surface area contributed by atoms with Crippen LogP contribution in [0.5, 0.6) is 0 Å². The summed E-state index contributed by atoms with van der Waals surface area (Å²) in [5.41, 5.74) is 0. The van der Waals surface area contributed by atoms with Crippen molar-refractivity contribution in [2.45, 2.75) is 0 Å². The second kappa shape index (κ2) is 6260. The van der Waals surface area contributed by atoms with Crippen molar-refractivity contribution in [3.8, 4) is 0 Å². The molecule has 0 aromatic carbocycles. The van der Waals surface area contributed by atoms with Crippen molar-refractivity contribution >= 4 is 0 Å². The third-order valence-electron chi connectivity index (χ3n) is 0. The molecule has 0 atom stereocenters. The Balaban J connectivity index is 0. The van der Waals surface area contributed by atoms with E-state index in [1.807, 2.05) is 0 Å². The normalized spacial score (nSPS) is 0. The van der Waals surface area contributed by atoms with Gasteiger partial charge in [0.05, 0.1) is 0 Å². The van der Waals surface area contributed by atoms with Gasteiger partial charge in [-0.25, -0.2) is 0 Å². The Kier molecular flexibility index (Phi) is 3020000. The van der Waals surface area contributed by atoms with Crippen LogP contribution in [0.3, 0.4) is 0 Å². The van der Waals surface area contributed by atoms with Gasteiger partial charge in [0.2, 0.25) is 0 Å². The second-order valence-corrected chi connectivity index (χ2v) is 0. The van der Waals surface area contributed by atoms with Crippen LogP contribution in [0.4, 0.5) is 0 Å². The lowest BCUT2D eigenvalue weighted by atomic mass is 16.0. The van der Waals surface area contributed by atoms with Gasteiger partial charge in [-0.3, -0.25) is 0 Å². The molecule has 0 spiro atoms. The Morgan fingerprint density at radius 3 is 0.0625 bits per heavy atom. The van der Waals surface area contributed by atoms with Crippen molar-refractivity contribution in [1.29, 1.82) is 0 Å². The van der Waals surface area contributed by atoms with Gasteiger partial charge in [0, 0.05) is 0 Å². The van der Waals surface area contributed by atoms with Gasteiger partial charge in [0.25, 0.3) is 0 Å². The first-order valence-electron chi connectivity index (χ1n) is 0. The molecule has 16 heavy (non-hydrogen) atoms. The number of hydrogen-bond acceptors (Lipinski definition) is 0. The Hall–Kier alpha value is -0.640. The SMILES string of the molecule is O.O.O.O.O.O.O.O.O.O.O.O.O.O.O.O. The summed E-state index contributed by atoms with van der Waals surface area (Å²) in [7, 11) is 0. The van der Waals surface area contributed by atoms with E-state index in [0.717, 1.165) is 0 Å². The molecule has 32 N–H and O–H groups in total. The molecule has 0 rings (SSSR count). The van der Waals surface area contributed by atoms with Gasteiger partial charge in [-0.1, -0.05) is 0 Å². The first-order chi connectivity index (χ1) is 0. The third kappa shape index (κ3) is 4980. The average molecular weight is 288 g/mol. The fraction of sp³-hybridized carbons (Fsp3) is 0. The van der Waals surface area contributed by atoms with Gasteiger partial charge in [-0.05, 0) is 0 Å². The van der Waals surface area contributed by atoms with E-state index in [4.69, 9.17) is 0 Å². The lowest BCUT2D eigenvalue weighted by Gasteiger charge is -0.413. The van der Waals surface area contributed by atoms with Gasteiger partial charge in [-0.2, -0.15) is 0 Å². The van der Waals surface area contributed by atoms with Crippen molar-refractivity contribution < 1.29 is 87.6 Å². The van der Waals surface area contributed by atoms with E-state index >= 15 is 0 Å². The van der Waals surface area contributed by atoms with Crippen LogP contribution in [0.2, 0.25) is 0 Å². The highest BCUT2D eigenvalue weighted by atomic mass is 16.0. The van der Waals surface area contributed by atoms with Crippen LogP contribution >= 0.6 is 0 Å². The van der Waals surface area contributed by atoms with E-state index in [1.165, 1.54) is 0 Å². The zero-order valence-electron chi connectivity index (χ0n) is 8.00. The van der Waals surface area contributed by atoms with Crippen LogP contribution < -0.4 is 0 Å². The lowest BCUT2D eigenvalue weighted by Crippen LogP contribution is -0.290. The summed E-state index contributed by atoms with van der Waals surface area (Å²) < 4.78 is 0. The van der Waals surface area contributed by atoms with E-state index in [-0.39, 0.29) is 87.6 Å². The van der Waals surface area contributed by atoms with Crippen molar-refractivity contribution in [2.24, 2.45) is 0 Å². The molecule has 16 nitrogen and oxygen atoms in total. The van der Waals surface area contributed by atoms with Gasteiger partial charge in [0.1, 0.15) is 0 Å². The van der Waals surface area contributed by atoms with Crippen molar-refractivity contribution in [3.63, 3.8) is 0 Å². The quantitative estimate of drug-likeness (QED) is 0.400. The van der Waals surface area contributed by atoms with Crippen LogP contribution in [-0.2, 0) is 0 Å². The summed E-state index contributed by atoms with van der Waals surface area (Å²) in [5, 5.41) is 0. The molecule has 0 saturated heterocycles. The zero-order valence-corrected chi connectivity index (χ0v) is 8.00. The molecule has 0 unspecified atom stereocenters. The molecule has 0 aromatic heterocycles. The molecule has 0 fully saturated rings. The number of hydrogen-bond donors (Lipinski definition) is 0. The summed E-state index contributed by atoms with van der Waals surface area (Å²) in [6.07, 6.45) is 0. The van der Waals surface area contributed by atoms with Crippen molar-refractivity contribution in [2.75, 3.05) is 0 Å². The summed E-state index contributed by atoms with van der Waals surface area (Å²) in [6, 6.07) is 0. The van der Waals surface area contributed by atoms with Crippen LogP contribution in [0, 0.1) is 0 Å². The van der Waals surface area contributed by atoms with E-state index < -0.39 is 0 Å². The molecule has 0 aliphatic rings. The largest absolute Gasteiger partial charge is 0.412 e. The summed E-state index contributed by atoms with van der Waals surface area (Å²) >= 11 is 0. The molecule has 0 bridgehead atoms. The fourth-order valence-corrected chi connectivity index (χ4v) is 0. The predicted octanol–water partition coefficient (Wildman–Crippen LogP) is -13.2. The molecule has 0 saturated carbocycles. The Bertz CT molecular complexity index is 0. The van der Waals surface area contributed by atoms with Crippen LogP contribution in [-0.4, -0.2) is 87.6 Å². The molecule has 0 aliphatic heterocycles. The van der Waals surface area contributed by atoms with Gasteiger partial charge < -0.3 is 87.6 Å².